The largest absolute Gasteiger partial charge is 0.379 e. The number of aliphatic imine (C=N–C) groups is 1. The van der Waals surface area contributed by atoms with E-state index in [4.69, 9.17) is 4.74 Å². The quantitative estimate of drug-likeness (QED) is 0.260. The molecule has 0 amide bonds. The topological polar surface area (TPSA) is 36.9 Å². The Balaban J connectivity index is 2.16. The summed E-state index contributed by atoms with van der Waals surface area (Å²) >= 11 is 0. The first-order valence-corrected chi connectivity index (χ1v) is 8.46. The zero-order valence-electron chi connectivity index (χ0n) is 13.9. The molecule has 1 N–H and O–H groups in total. The normalized spacial score (nSPS) is 15.0. The Morgan fingerprint density at radius 1 is 1.38 bits per heavy atom. The van der Waals surface area contributed by atoms with Crippen molar-refractivity contribution in [2.45, 2.75) is 45.4 Å². The monoisotopic (exact) mass is 295 g/mol. The molecular weight excluding hydrogens is 262 g/mol. The van der Waals surface area contributed by atoms with E-state index in [2.05, 4.69) is 35.8 Å². The van der Waals surface area contributed by atoms with Gasteiger partial charge in [0.2, 0.25) is 0 Å². The van der Waals surface area contributed by atoms with Gasteiger partial charge in [-0.1, -0.05) is 12.5 Å². The molecule has 0 unspecified atom stereocenters. The second-order valence-corrected chi connectivity index (χ2v) is 5.81. The van der Waals surface area contributed by atoms with Crippen LogP contribution >= 0.6 is 0 Å². The van der Waals surface area contributed by atoms with Gasteiger partial charge in [-0.25, -0.2) is 0 Å². The molecule has 0 aromatic heterocycles. The fourth-order valence-electron chi connectivity index (χ4n) is 2.14. The third-order valence-corrected chi connectivity index (χ3v) is 3.65. The predicted octanol–water partition coefficient (Wildman–Crippen LogP) is 3.06. The van der Waals surface area contributed by atoms with Crippen molar-refractivity contribution in [1.82, 2.24) is 10.2 Å². The Labute approximate surface area is 130 Å². The van der Waals surface area contributed by atoms with Gasteiger partial charge in [0.15, 0.2) is 5.96 Å². The van der Waals surface area contributed by atoms with Crippen molar-refractivity contribution in [3.05, 3.63) is 12.7 Å². The lowest BCUT2D eigenvalue weighted by molar-refractivity contribution is 0.131. The van der Waals surface area contributed by atoms with E-state index in [0.29, 0.717) is 0 Å². The number of hydrogen-bond donors (Lipinski definition) is 1. The third kappa shape index (κ3) is 9.51. The minimum absolute atomic E-state index is 0.735. The zero-order chi connectivity index (χ0) is 15.3. The van der Waals surface area contributed by atoms with Crippen LogP contribution in [0.2, 0.25) is 0 Å². The average molecular weight is 295 g/mol. The van der Waals surface area contributed by atoms with Crippen molar-refractivity contribution in [3.8, 4) is 0 Å². The first-order chi connectivity index (χ1) is 10.3. The molecule has 0 aliphatic heterocycles. The molecule has 1 saturated carbocycles. The van der Waals surface area contributed by atoms with Crippen LogP contribution < -0.4 is 5.32 Å². The number of nitrogens with one attached hydrogen (secondary N) is 1. The van der Waals surface area contributed by atoms with Gasteiger partial charge in [0.1, 0.15) is 0 Å². The molecule has 122 valence electrons. The van der Waals surface area contributed by atoms with E-state index in [1.165, 1.54) is 32.1 Å². The van der Waals surface area contributed by atoms with Gasteiger partial charge in [-0.2, -0.15) is 0 Å². The van der Waals surface area contributed by atoms with Gasteiger partial charge in [0, 0.05) is 26.7 Å². The number of nitrogens with zero attached hydrogens (tertiary/aromatic N) is 2. The number of unbranched alkanes of at least 4 members (excludes halogenated alkanes) is 3. The maximum Gasteiger partial charge on any atom is 0.193 e. The van der Waals surface area contributed by atoms with E-state index >= 15 is 0 Å². The highest BCUT2D eigenvalue weighted by molar-refractivity contribution is 5.79. The highest BCUT2D eigenvalue weighted by atomic mass is 16.5. The molecule has 0 bridgehead atoms. The predicted molar refractivity (Wildman–Crippen MR) is 90.8 cm³/mol. The first-order valence-electron chi connectivity index (χ1n) is 8.46. The van der Waals surface area contributed by atoms with E-state index < -0.39 is 0 Å². The standard InChI is InChI=1S/C17H33N3O/c1-4-6-7-8-9-13-20(3)17(18-5-2)19-12-14-21-15-16-10-11-16/h4,16H,1,5-15H2,2-3H3,(H,18,19). The molecule has 4 heteroatoms. The van der Waals surface area contributed by atoms with E-state index in [-0.39, 0.29) is 0 Å². The summed E-state index contributed by atoms with van der Waals surface area (Å²) in [5, 5.41) is 3.35. The number of guanidine groups is 1. The van der Waals surface area contributed by atoms with Gasteiger partial charge < -0.3 is 15.0 Å². The lowest BCUT2D eigenvalue weighted by atomic mass is 10.2. The minimum Gasteiger partial charge on any atom is -0.379 e. The van der Waals surface area contributed by atoms with E-state index in [1.807, 2.05) is 6.08 Å². The maximum absolute atomic E-state index is 5.63. The SMILES string of the molecule is C=CCCCCCN(C)C(=NCCOCC1CC1)NCC. The average Bonchev–Trinajstić information content (AvgIpc) is 3.29. The van der Waals surface area contributed by atoms with Crippen molar-refractivity contribution < 1.29 is 4.74 Å². The molecule has 1 aliphatic rings. The first kappa shape index (κ1) is 18.0. The van der Waals surface area contributed by atoms with Gasteiger partial charge in [0.25, 0.3) is 0 Å². The van der Waals surface area contributed by atoms with Gasteiger partial charge in [-0.15, -0.1) is 6.58 Å². The maximum atomic E-state index is 5.63. The molecule has 0 saturated heterocycles. The number of allylic oxidation sites excluding steroid dienone is 1. The van der Waals surface area contributed by atoms with Crippen LogP contribution in [0.15, 0.2) is 17.6 Å². The summed E-state index contributed by atoms with van der Waals surface area (Å²) in [6.07, 6.45) is 9.50. The molecule has 1 aliphatic carbocycles. The van der Waals surface area contributed by atoms with Crippen LogP contribution in [-0.2, 0) is 4.74 Å². The summed E-state index contributed by atoms with van der Waals surface area (Å²) in [6, 6.07) is 0. The van der Waals surface area contributed by atoms with Gasteiger partial charge >= 0.3 is 0 Å². The van der Waals surface area contributed by atoms with Gasteiger partial charge in [-0.3, -0.25) is 4.99 Å². The second-order valence-electron chi connectivity index (χ2n) is 5.81. The molecule has 0 heterocycles. The Kier molecular flexibility index (Phi) is 9.96. The lowest BCUT2D eigenvalue weighted by Gasteiger charge is -2.22. The van der Waals surface area contributed by atoms with E-state index in [1.54, 1.807) is 0 Å². The van der Waals surface area contributed by atoms with Crippen LogP contribution in [0.3, 0.4) is 0 Å². The summed E-state index contributed by atoms with van der Waals surface area (Å²) in [4.78, 5) is 6.86. The fraction of sp³-hybridized carbons (Fsp3) is 0.824. The molecule has 0 aromatic rings. The Bertz CT molecular complexity index is 300. The van der Waals surface area contributed by atoms with Crippen molar-refractivity contribution in [3.63, 3.8) is 0 Å². The molecule has 0 spiro atoms. The summed E-state index contributed by atoms with van der Waals surface area (Å²) in [7, 11) is 2.11. The van der Waals surface area contributed by atoms with Crippen molar-refractivity contribution in [1.29, 1.82) is 0 Å². The summed E-state index contributed by atoms with van der Waals surface area (Å²) in [5.74, 6) is 1.83. The van der Waals surface area contributed by atoms with Crippen LogP contribution in [0.4, 0.5) is 0 Å². The van der Waals surface area contributed by atoms with Crippen molar-refractivity contribution in [2.24, 2.45) is 10.9 Å². The van der Waals surface area contributed by atoms with Crippen LogP contribution in [0.5, 0.6) is 0 Å². The van der Waals surface area contributed by atoms with Crippen LogP contribution in [0, 0.1) is 5.92 Å². The highest BCUT2D eigenvalue weighted by Crippen LogP contribution is 2.28. The summed E-state index contributed by atoms with van der Waals surface area (Å²) < 4.78 is 5.63. The number of ether oxygens (including phenoxy) is 1. The molecule has 0 aromatic carbocycles. The van der Waals surface area contributed by atoms with E-state index in [9.17, 15) is 0 Å². The molecule has 1 fully saturated rings. The van der Waals surface area contributed by atoms with Crippen LogP contribution in [0.1, 0.15) is 45.4 Å². The molecule has 0 radical (unpaired) electrons. The summed E-state index contributed by atoms with van der Waals surface area (Å²) in [5.41, 5.74) is 0. The van der Waals surface area contributed by atoms with Crippen LogP contribution in [0.25, 0.3) is 0 Å². The minimum atomic E-state index is 0.735. The lowest BCUT2D eigenvalue weighted by Crippen LogP contribution is -2.39. The molecule has 21 heavy (non-hydrogen) atoms. The smallest absolute Gasteiger partial charge is 0.193 e. The van der Waals surface area contributed by atoms with Crippen molar-refractivity contribution in [2.75, 3.05) is 39.9 Å². The van der Waals surface area contributed by atoms with Crippen LogP contribution in [-0.4, -0.2) is 50.8 Å². The van der Waals surface area contributed by atoms with E-state index in [0.717, 1.165) is 51.1 Å². The van der Waals surface area contributed by atoms with Gasteiger partial charge in [-0.05, 0) is 44.9 Å². The number of rotatable bonds is 12. The Morgan fingerprint density at radius 3 is 2.86 bits per heavy atom. The molecule has 0 atom stereocenters. The fourth-order valence-corrected chi connectivity index (χ4v) is 2.14. The third-order valence-electron chi connectivity index (χ3n) is 3.65. The second kappa shape index (κ2) is 11.6. The molecule has 1 rings (SSSR count). The number of hydrogen-bond acceptors (Lipinski definition) is 2. The summed E-state index contributed by atoms with van der Waals surface area (Å²) in [6.45, 7) is 10.2. The van der Waals surface area contributed by atoms with Crippen molar-refractivity contribution >= 4 is 5.96 Å². The van der Waals surface area contributed by atoms with Gasteiger partial charge in [0.05, 0.1) is 13.2 Å². The Morgan fingerprint density at radius 2 is 2.19 bits per heavy atom. The highest BCUT2D eigenvalue weighted by Gasteiger charge is 2.20. The zero-order valence-corrected chi connectivity index (χ0v) is 13.9. The molecular formula is C17H33N3O. The Hall–Kier alpha value is -1.03. The molecule has 4 nitrogen and oxygen atoms in total.